The highest BCUT2D eigenvalue weighted by Crippen LogP contribution is 2.39. The second-order valence-corrected chi connectivity index (χ2v) is 8.60. The molecule has 0 spiro atoms. The number of benzene rings is 1. The molecule has 0 radical (unpaired) electrons. The molecular weight excluding hydrogens is 384 g/mol. The van der Waals surface area contributed by atoms with Crippen LogP contribution in [-0.2, 0) is 0 Å². The highest BCUT2D eigenvalue weighted by atomic mass is 16.5. The SMILES string of the molecule is CCC1(CC)CC(=O)c2cc(-c3nc(C4CCC5NC(=O)NC5C4)no3)ccc2O1. The Balaban J connectivity index is 1.37. The summed E-state index contributed by atoms with van der Waals surface area (Å²) in [6, 6.07) is 5.68. The molecule has 3 aliphatic rings. The second kappa shape index (κ2) is 7.11. The standard InChI is InChI=1S/C22H26N4O4/c1-3-22(4-2)11-17(27)14-9-13(6-8-18(14)29-22)20-25-19(26-30-20)12-5-7-15-16(10-12)24-21(28)23-15/h6,8-9,12,15-16H,3-5,7,10-11H2,1-2H3,(H2,23,24,28). The first-order chi connectivity index (χ1) is 14.5. The van der Waals surface area contributed by atoms with Crippen LogP contribution in [0.25, 0.3) is 11.5 Å². The number of Topliss-reactive ketones (excluding diaryl/α,β-unsaturated/α-hetero) is 1. The molecule has 2 aromatic rings. The van der Waals surface area contributed by atoms with Crippen LogP contribution in [0.3, 0.4) is 0 Å². The molecule has 1 aromatic heterocycles. The van der Waals surface area contributed by atoms with Crippen molar-refractivity contribution in [2.45, 2.75) is 76.0 Å². The number of urea groups is 1. The van der Waals surface area contributed by atoms with Crippen LogP contribution in [0.4, 0.5) is 4.79 Å². The van der Waals surface area contributed by atoms with Gasteiger partial charge in [0.15, 0.2) is 11.6 Å². The number of hydrogen-bond acceptors (Lipinski definition) is 6. The zero-order valence-electron chi connectivity index (χ0n) is 17.2. The molecule has 2 amide bonds. The largest absolute Gasteiger partial charge is 0.486 e. The summed E-state index contributed by atoms with van der Waals surface area (Å²) in [5.74, 6) is 1.91. The average molecular weight is 410 g/mol. The normalized spacial score (nSPS) is 26.9. The summed E-state index contributed by atoms with van der Waals surface area (Å²) in [4.78, 5) is 29.0. The van der Waals surface area contributed by atoms with Crippen LogP contribution in [0.15, 0.2) is 22.7 Å². The highest BCUT2D eigenvalue weighted by molar-refractivity contribution is 6.01. The lowest BCUT2D eigenvalue weighted by Gasteiger charge is -2.36. The zero-order chi connectivity index (χ0) is 20.9. The Morgan fingerprint density at radius 3 is 2.73 bits per heavy atom. The summed E-state index contributed by atoms with van der Waals surface area (Å²) in [6.45, 7) is 4.10. The fourth-order valence-electron chi connectivity index (χ4n) is 4.91. The Labute approximate surface area is 174 Å². The topological polar surface area (TPSA) is 106 Å². The fraction of sp³-hybridized carbons (Fsp3) is 0.545. The molecule has 3 unspecified atom stereocenters. The van der Waals surface area contributed by atoms with Gasteiger partial charge >= 0.3 is 6.03 Å². The number of nitrogens with zero attached hydrogens (tertiary/aromatic N) is 2. The van der Waals surface area contributed by atoms with Gasteiger partial charge in [-0.3, -0.25) is 4.79 Å². The monoisotopic (exact) mass is 410 g/mol. The molecule has 158 valence electrons. The zero-order valence-corrected chi connectivity index (χ0v) is 17.2. The van der Waals surface area contributed by atoms with Crippen LogP contribution in [0.1, 0.15) is 74.5 Å². The molecule has 2 fully saturated rings. The average Bonchev–Trinajstić information content (AvgIpc) is 3.39. The van der Waals surface area contributed by atoms with E-state index in [1.807, 2.05) is 12.1 Å². The second-order valence-electron chi connectivity index (χ2n) is 8.60. The fourth-order valence-corrected chi connectivity index (χ4v) is 4.91. The van der Waals surface area contributed by atoms with Gasteiger partial charge in [-0.25, -0.2) is 4.79 Å². The number of aromatic nitrogens is 2. The van der Waals surface area contributed by atoms with Crippen molar-refractivity contribution in [3.63, 3.8) is 0 Å². The molecule has 2 N–H and O–H groups in total. The quantitative estimate of drug-likeness (QED) is 0.798. The van der Waals surface area contributed by atoms with Gasteiger partial charge in [-0.2, -0.15) is 4.98 Å². The van der Waals surface area contributed by atoms with Crippen molar-refractivity contribution >= 4 is 11.8 Å². The molecule has 0 bridgehead atoms. The molecular formula is C22H26N4O4. The number of ketones is 1. The van der Waals surface area contributed by atoms with E-state index in [-0.39, 0.29) is 29.8 Å². The number of nitrogens with one attached hydrogen (secondary N) is 2. The molecule has 1 saturated heterocycles. The Morgan fingerprint density at radius 2 is 1.93 bits per heavy atom. The summed E-state index contributed by atoms with van der Waals surface area (Å²) in [5.41, 5.74) is 0.881. The first kappa shape index (κ1) is 19.1. The third-order valence-corrected chi connectivity index (χ3v) is 6.91. The van der Waals surface area contributed by atoms with Gasteiger partial charge in [0, 0.05) is 11.5 Å². The number of carbonyl (C=O) groups excluding carboxylic acids is 2. The molecule has 8 heteroatoms. The van der Waals surface area contributed by atoms with E-state index >= 15 is 0 Å². The molecule has 30 heavy (non-hydrogen) atoms. The lowest BCUT2D eigenvalue weighted by Crippen LogP contribution is -2.40. The summed E-state index contributed by atoms with van der Waals surface area (Å²) in [7, 11) is 0. The van der Waals surface area contributed by atoms with E-state index in [0.29, 0.717) is 29.4 Å². The van der Waals surface area contributed by atoms with E-state index in [1.165, 1.54) is 0 Å². The Morgan fingerprint density at radius 1 is 1.13 bits per heavy atom. The number of carbonyl (C=O) groups is 2. The van der Waals surface area contributed by atoms with E-state index in [0.717, 1.165) is 37.7 Å². The molecule has 2 aliphatic heterocycles. The third-order valence-electron chi connectivity index (χ3n) is 6.91. The van der Waals surface area contributed by atoms with Gasteiger partial charge in [0.25, 0.3) is 5.89 Å². The summed E-state index contributed by atoms with van der Waals surface area (Å²) >= 11 is 0. The number of hydrogen-bond donors (Lipinski definition) is 2. The maximum atomic E-state index is 12.8. The molecule has 1 saturated carbocycles. The van der Waals surface area contributed by atoms with E-state index in [9.17, 15) is 9.59 Å². The van der Waals surface area contributed by atoms with Crippen molar-refractivity contribution in [2.75, 3.05) is 0 Å². The van der Waals surface area contributed by atoms with Crippen LogP contribution in [0, 0.1) is 0 Å². The predicted octanol–water partition coefficient (Wildman–Crippen LogP) is 3.58. The van der Waals surface area contributed by atoms with Crippen LogP contribution in [0.2, 0.25) is 0 Å². The Kier molecular flexibility index (Phi) is 4.52. The van der Waals surface area contributed by atoms with Crippen molar-refractivity contribution in [3.05, 3.63) is 29.6 Å². The first-order valence-corrected chi connectivity index (χ1v) is 10.8. The summed E-state index contributed by atoms with van der Waals surface area (Å²) in [6.07, 6.45) is 4.55. The lowest BCUT2D eigenvalue weighted by atomic mass is 9.83. The molecule has 3 atom stereocenters. The van der Waals surface area contributed by atoms with Crippen LogP contribution in [0.5, 0.6) is 5.75 Å². The number of rotatable bonds is 4. The van der Waals surface area contributed by atoms with Crippen molar-refractivity contribution in [1.29, 1.82) is 0 Å². The number of ether oxygens (including phenoxy) is 1. The van der Waals surface area contributed by atoms with Crippen LogP contribution < -0.4 is 15.4 Å². The van der Waals surface area contributed by atoms with E-state index in [1.54, 1.807) is 6.07 Å². The van der Waals surface area contributed by atoms with Gasteiger partial charge < -0.3 is 19.9 Å². The van der Waals surface area contributed by atoms with Crippen LogP contribution >= 0.6 is 0 Å². The van der Waals surface area contributed by atoms with E-state index in [4.69, 9.17) is 9.26 Å². The molecule has 1 aliphatic carbocycles. The maximum Gasteiger partial charge on any atom is 0.315 e. The van der Waals surface area contributed by atoms with Crippen molar-refractivity contribution in [2.24, 2.45) is 0 Å². The molecule has 1 aromatic carbocycles. The van der Waals surface area contributed by atoms with Crippen molar-refractivity contribution in [1.82, 2.24) is 20.8 Å². The third kappa shape index (κ3) is 3.14. The lowest BCUT2D eigenvalue weighted by molar-refractivity contribution is 0.0350. The van der Waals surface area contributed by atoms with Crippen LogP contribution in [-0.4, -0.2) is 39.6 Å². The van der Waals surface area contributed by atoms with Crippen molar-refractivity contribution < 1.29 is 18.8 Å². The maximum absolute atomic E-state index is 12.8. The van der Waals surface area contributed by atoms with Crippen molar-refractivity contribution in [3.8, 4) is 17.2 Å². The number of amides is 2. The smallest absolute Gasteiger partial charge is 0.315 e. The number of fused-ring (bicyclic) bond motifs is 2. The Bertz CT molecular complexity index is 997. The summed E-state index contributed by atoms with van der Waals surface area (Å²) < 4.78 is 11.7. The van der Waals surface area contributed by atoms with Gasteiger partial charge in [0.05, 0.1) is 24.1 Å². The molecule has 3 heterocycles. The Hall–Kier alpha value is -2.90. The minimum atomic E-state index is -0.410. The summed E-state index contributed by atoms with van der Waals surface area (Å²) in [5, 5.41) is 10.1. The van der Waals surface area contributed by atoms with E-state index < -0.39 is 5.60 Å². The van der Waals surface area contributed by atoms with Gasteiger partial charge in [-0.15, -0.1) is 0 Å². The highest BCUT2D eigenvalue weighted by Gasteiger charge is 2.40. The van der Waals surface area contributed by atoms with Gasteiger partial charge in [0.2, 0.25) is 0 Å². The predicted molar refractivity (Wildman–Crippen MR) is 108 cm³/mol. The van der Waals surface area contributed by atoms with Gasteiger partial charge in [0.1, 0.15) is 11.4 Å². The van der Waals surface area contributed by atoms with Gasteiger partial charge in [-0.1, -0.05) is 19.0 Å². The molecule has 8 nitrogen and oxygen atoms in total. The van der Waals surface area contributed by atoms with Gasteiger partial charge in [-0.05, 0) is 50.3 Å². The molecule has 5 rings (SSSR count). The van der Waals surface area contributed by atoms with E-state index in [2.05, 4.69) is 34.6 Å². The first-order valence-electron chi connectivity index (χ1n) is 10.8. The minimum absolute atomic E-state index is 0.0873. The minimum Gasteiger partial charge on any atom is -0.486 e.